The number of rotatable bonds is 3. The molecule has 1 aromatic rings. The zero-order chi connectivity index (χ0) is 14.4. The van der Waals surface area contributed by atoms with Gasteiger partial charge in [-0.15, -0.1) is 11.3 Å². The highest BCUT2D eigenvalue weighted by Crippen LogP contribution is 2.19. The first kappa shape index (κ1) is 15.0. The van der Waals surface area contributed by atoms with E-state index < -0.39 is 0 Å². The molecule has 5 heteroatoms. The Bertz CT molecular complexity index is 507. The molecule has 1 aromatic heterocycles. The summed E-state index contributed by atoms with van der Waals surface area (Å²) in [6, 6.07) is 1.80. The zero-order valence-electron chi connectivity index (χ0n) is 11.6. The van der Waals surface area contributed by atoms with Crippen molar-refractivity contribution in [3.8, 4) is 11.8 Å². The third kappa shape index (κ3) is 3.83. The largest absolute Gasteiger partial charge is 0.384 e. The van der Waals surface area contributed by atoms with Gasteiger partial charge in [0.05, 0.1) is 16.5 Å². The quantitative estimate of drug-likeness (QED) is 0.864. The van der Waals surface area contributed by atoms with Crippen molar-refractivity contribution in [1.29, 1.82) is 0 Å². The van der Waals surface area contributed by atoms with Crippen LogP contribution in [0.2, 0.25) is 0 Å². The average molecular weight is 293 g/mol. The van der Waals surface area contributed by atoms with E-state index in [1.165, 1.54) is 11.3 Å². The lowest BCUT2D eigenvalue weighted by molar-refractivity contribution is 0.0146. The number of aliphatic hydroxyl groups is 1. The summed E-state index contributed by atoms with van der Waals surface area (Å²) in [6.45, 7) is 4.06. The highest BCUT2D eigenvalue weighted by Gasteiger charge is 2.24. The fraction of sp³-hybridized carbons (Fsp3) is 0.533. The second-order valence-corrected chi connectivity index (χ2v) is 5.52. The van der Waals surface area contributed by atoms with Crippen LogP contribution in [0, 0.1) is 11.8 Å². The molecular weight excluding hydrogens is 274 g/mol. The molecule has 1 aliphatic rings. The molecule has 0 unspecified atom stereocenters. The molecule has 0 spiro atoms. The van der Waals surface area contributed by atoms with E-state index in [4.69, 9.17) is 9.84 Å². The number of likely N-dealkylation sites (tertiary alicyclic amines) is 1. The summed E-state index contributed by atoms with van der Waals surface area (Å²) in [6.07, 6.45) is 2.10. The Morgan fingerprint density at radius 3 is 2.95 bits per heavy atom. The van der Waals surface area contributed by atoms with Gasteiger partial charge in [0.2, 0.25) is 0 Å². The maximum atomic E-state index is 12.3. The molecule has 1 saturated heterocycles. The number of amides is 1. The fourth-order valence-electron chi connectivity index (χ4n) is 2.28. The van der Waals surface area contributed by atoms with Gasteiger partial charge in [0.25, 0.3) is 5.91 Å². The molecule has 108 valence electrons. The molecule has 0 atom stereocenters. The first-order valence-corrected chi connectivity index (χ1v) is 7.71. The van der Waals surface area contributed by atoms with E-state index in [0.29, 0.717) is 5.56 Å². The normalized spacial score (nSPS) is 15.8. The molecule has 1 fully saturated rings. The summed E-state index contributed by atoms with van der Waals surface area (Å²) in [5.74, 6) is 5.48. The van der Waals surface area contributed by atoms with Crippen LogP contribution in [0.5, 0.6) is 0 Å². The Labute approximate surface area is 123 Å². The lowest BCUT2D eigenvalue weighted by Gasteiger charge is -2.31. The Balaban J connectivity index is 1.93. The van der Waals surface area contributed by atoms with Crippen molar-refractivity contribution in [2.24, 2.45) is 0 Å². The lowest BCUT2D eigenvalue weighted by atomic mass is 10.1. The number of hydrogen-bond donors (Lipinski definition) is 1. The van der Waals surface area contributed by atoms with Gasteiger partial charge in [-0.3, -0.25) is 4.79 Å². The number of carbonyl (C=O) groups is 1. The predicted octanol–water partition coefficient (Wildman–Crippen LogP) is 1.73. The second-order valence-electron chi connectivity index (χ2n) is 4.61. The maximum Gasteiger partial charge on any atom is 0.254 e. The molecule has 0 radical (unpaired) electrons. The summed E-state index contributed by atoms with van der Waals surface area (Å²) in [5.41, 5.74) is 0.687. The average Bonchev–Trinajstić information content (AvgIpc) is 2.94. The molecule has 20 heavy (non-hydrogen) atoms. The highest BCUT2D eigenvalue weighted by molar-refractivity contribution is 7.10. The van der Waals surface area contributed by atoms with E-state index in [-0.39, 0.29) is 18.6 Å². The van der Waals surface area contributed by atoms with Gasteiger partial charge in [0, 0.05) is 25.1 Å². The van der Waals surface area contributed by atoms with E-state index in [9.17, 15) is 4.79 Å². The molecule has 4 nitrogen and oxygen atoms in total. The highest BCUT2D eigenvalue weighted by atomic mass is 32.1. The molecule has 1 aliphatic heterocycles. The van der Waals surface area contributed by atoms with Crippen molar-refractivity contribution >= 4 is 17.2 Å². The molecule has 0 saturated carbocycles. The van der Waals surface area contributed by atoms with Gasteiger partial charge in [0.15, 0.2) is 0 Å². The Hall–Kier alpha value is -1.35. The summed E-state index contributed by atoms with van der Waals surface area (Å²) in [4.78, 5) is 15.0. The maximum absolute atomic E-state index is 12.3. The molecule has 2 rings (SSSR count). The van der Waals surface area contributed by atoms with Crippen LogP contribution in [0.1, 0.15) is 35.0 Å². The Kier molecular flexibility index (Phi) is 5.60. The van der Waals surface area contributed by atoms with Gasteiger partial charge in [-0.1, -0.05) is 11.8 Å². The summed E-state index contributed by atoms with van der Waals surface area (Å²) < 4.78 is 5.59. The van der Waals surface area contributed by atoms with E-state index in [2.05, 4.69) is 11.8 Å². The third-order valence-corrected chi connectivity index (χ3v) is 4.11. The number of hydrogen-bond acceptors (Lipinski definition) is 4. The first-order chi connectivity index (χ1) is 9.74. The van der Waals surface area contributed by atoms with Crippen LogP contribution in [-0.2, 0) is 4.74 Å². The fourth-order valence-corrected chi connectivity index (χ4v) is 3.03. The minimum Gasteiger partial charge on any atom is -0.384 e. The van der Waals surface area contributed by atoms with Gasteiger partial charge in [-0.2, -0.15) is 0 Å². The van der Waals surface area contributed by atoms with Crippen LogP contribution < -0.4 is 0 Å². The summed E-state index contributed by atoms with van der Waals surface area (Å²) in [7, 11) is 0. The third-order valence-electron chi connectivity index (χ3n) is 3.27. The number of carbonyl (C=O) groups excluding carboxylic acids is 1. The predicted molar refractivity (Wildman–Crippen MR) is 78.8 cm³/mol. The van der Waals surface area contributed by atoms with E-state index in [0.717, 1.165) is 37.4 Å². The van der Waals surface area contributed by atoms with Crippen molar-refractivity contribution in [2.75, 3.05) is 26.3 Å². The minimum atomic E-state index is -0.161. The zero-order valence-corrected chi connectivity index (χ0v) is 12.4. The van der Waals surface area contributed by atoms with E-state index in [1.54, 1.807) is 6.07 Å². The van der Waals surface area contributed by atoms with Crippen molar-refractivity contribution in [2.45, 2.75) is 25.9 Å². The molecule has 2 heterocycles. The van der Waals surface area contributed by atoms with Gasteiger partial charge in [-0.05, 0) is 25.8 Å². The van der Waals surface area contributed by atoms with Crippen LogP contribution in [0.15, 0.2) is 11.4 Å². The summed E-state index contributed by atoms with van der Waals surface area (Å²) >= 11 is 1.43. The molecule has 0 aromatic carbocycles. The van der Waals surface area contributed by atoms with Crippen LogP contribution in [0.4, 0.5) is 0 Å². The van der Waals surface area contributed by atoms with Crippen molar-refractivity contribution < 1.29 is 14.6 Å². The van der Waals surface area contributed by atoms with Crippen LogP contribution in [0.3, 0.4) is 0 Å². The van der Waals surface area contributed by atoms with Gasteiger partial charge < -0.3 is 14.7 Å². The topological polar surface area (TPSA) is 49.8 Å². The number of nitrogens with zero attached hydrogens (tertiary/aromatic N) is 1. The monoisotopic (exact) mass is 293 g/mol. The Morgan fingerprint density at radius 2 is 2.30 bits per heavy atom. The van der Waals surface area contributed by atoms with Gasteiger partial charge >= 0.3 is 0 Å². The standard InChI is InChI=1S/C15H19NO3S/c1-2-19-13-5-7-16(8-6-13)15(18)12-10-14(20-11-12)4-3-9-17/h10-11,13,17H,2,5-9H2,1H3. The second kappa shape index (κ2) is 7.44. The van der Waals surface area contributed by atoms with E-state index >= 15 is 0 Å². The molecular formula is C15H19NO3S. The Morgan fingerprint density at radius 1 is 1.55 bits per heavy atom. The summed E-state index contributed by atoms with van der Waals surface area (Å²) in [5, 5.41) is 10.5. The van der Waals surface area contributed by atoms with Crippen molar-refractivity contribution in [3.63, 3.8) is 0 Å². The molecule has 0 aliphatic carbocycles. The number of ether oxygens (including phenoxy) is 1. The van der Waals surface area contributed by atoms with Gasteiger partial charge in [-0.25, -0.2) is 0 Å². The lowest BCUT2D eigenvalue weighted by Crippen LogP contribution is -2.40. The smallest absolute Gasteiger partial charge is 0.254 e. The van der Waals surface area contributed by atoms with Crippen LogP contribution in [-0.4, -0.2) is 48.3 Å². The van der Waals surface area contributed by atoms with Gasteiger partial charge in [0.1, 0.15) is 6.61 Å². The molecule has 1 N–H and O–H groups in total. The van der Waals surface area contributed by atoms with Crippen LogP contribution >= 0.6 is 11.3 Å². The SMILES string of the molecule is CCOC1CCN(C(=O)c2csc(C#CCO)c2)CC1. The van der Waals surface area contributed by atoms with Crippen LogP contribution in [0.25, 0.3) is 0 Å². The van der Waals surface area contributed by atoms with Crippen molar-refractivity contribution in [3.05, 3.63) is 21.9 Å². The molecule has 0 bridgehead atoms. The molecule has 1 amide bonds. The van der Waals surface area contributed by atoms with E-state index in [1.807, 2.05) is 17.2 Å². The van der Waals surface area contributed by atoms with Crippen molar-refractivity contribution in [1.82, 2.24) is 4.90 Å². The number of thiophene rings is 1. The number of aliphatic hydroxyl groups excluding tert-OH is 1. The first-order valence-electron chi connectivity index (χ1n) is 6.83. The number of piperidine rings is 1. The minimum absolute atomic E-state index is 0.0632.